The summed E-state index contributed by atoms with van der Waals surface area (Å²) in [6.45, 7) is 2.43. The van der Waals surface area contributed by atoms with Gasteiger partial charge < -0.3 is 14.4 Å². The molecule has 0 spiro atoms. The Labute approximate surface area is 147 Å². The van der Waals surface area contributed by atoms with Crippen molar-refractivity contribution in [2.24, 2.45) is 0 Å². The first kappa shape index (κ1) is 17.3. The van der Waals surface area contributed by atoms with E-state index in [0.29, 0.717) is 12.3 Å². The zero-order chi connectivity index (χ0) is 17.8. The molecule has 2 aromatic rings. The Hall–Kier alpha value is -2.56. The van der Waals surface area contributed by atoms with Crippen LogP contribution >= 0.6 is 0 Å². The summed E-state index contributed by atoms with van der Waals surface area (Å²) in [5.74, 6) is 0.880. The first-order valence-corrected chi connectivity index (χ1v) is 8.45. The Balaban J connectivity index is 1.72. The second kappa shape index (κ2) is 7.55. The van der Waals surface area contributed by atoms with Crippen LogP contribution in [0.25, 0.3) is 0 Å². The zero-order valence-corrected chi connectivity index (χ0v) is 14.4. The molecule has 2 atom stereocenters. The van der Waals surface area contributed by atoms with Crippen LogP contribution in [0.3, 0.4) is 0 Å². The van der Waals surface area contributed by atoms with Crippen molar-refractivity contribution in [3.63, 3.8) is 0 Å². The molecule has 0 aromatic heterocycles. The summed E-state index contributed by atoms with van der Waals surface area (Å²) in [4.78, 5) is 14.7. The maximum atomic E-state index is 13.0. The monoisotopic (exact) mass is 343 g/mol. The molecule has 1 fully saturated rings. The number of hydrogen-bond acceptors (Lipinski definition) is 3. The van der Waals surface area contributed by atoms with Gasteiger partial charge in [-0.05, 0) is 61.7 Å². The summed E-state index contributed by atoms with van der Waals surface area (Å²) in [6, 6.07) is 13.6. The van der Waals surface area contributed by atoms with Crippen LogP contribution in [0.15, 0.2) is 48.5 Å². The highest BCUT2D eigenvalue weighted by Crippen LogP contribution is 2.34. The van der Waals surface area contributed by atoms with E-state index in [4.69, 9.17) is 9.47 Å². The fourth-order valence-corrected chi connectivity index (χ4v) is 3.23. The summed E-state index contributed by atoms with van der Waals surface area (Å²) in [7, 11) is 1.63. The number of benzene rings is 2. The van der Waals surface area contributed by atoms with Crippen LogP contribution in [0.5, 0.6) is 11.5 Å². The Morgan fingerprint density at radius 3 is 2.68 bits per heavy atom. The van der Waals surface area contributed by atoms with Gasteiger partial charge in [-0.2, -0.15) is 0 Å². The van der Waals surface area contributed by atoms with E-state index in [1.165, 1.54) is 24.3 Å². The van der Waals surface area contributed by atoms with Gasteiger partial charge >= 0.3 is 0 Å². The van der Waals surface area contributed by atoms with Crippen LogP contribution in [0.4, 0.5) is 4.39 Å². The summed E-state index contributed by atoms with van der Waals surface area (Å²) < 4.78 is 24.0. The number of amides is 1. The number of ether oxygens (including phenoxy) is 2. The zero-order valence-electron chi connectivity index (χ0n) is 14.4. The van der Waals surface area contributed by atoms with E-state index in [1.807, 2.05) is 29.2 Å². The topological polar surface area (TPSA) is 38.8 Å². The van der Waals surface area contributed by atoms with Crippen LogP contribution in [0.2, 0.25) is 0 Å². The van der Waals surface area contributed by atoms with Crippen LogP contribution < -0.4 is 9.47 Å². The minimum atomic E-state index is -0.628. The van der Waals surface area contributed by atoms with Crippen molar-refractivity contribution >= 4 is 5.91 Å². The van der Waals surface area contributed by atoms with Gasteiger partial charge in [0.1, 0.15) is 17.3 Å². The Morgan fingerprint density at radius 2 is 1.96 bits per heavy atom. The maximum absolute atomic E-state index is 13.0. The quantitative estimate of drug-likeness (QED) is 0.825. The van der Waals surface area contributed by atoms with E-state index in [9.17, 15) is 9.18 Å². The smallest absolute Gasteiger partial charge is 0.263 e. The highest BCUT2D eigenvalue weighted by atomic mass is 19.1. The van der Waals surface area contributed by atoms with Crippen molar-refractivity contribution in [2.75, 3.05) is 13.7 Å². The Bertz CT molecular complexity index is 732. The Morgan fingerprint density at radius 1 is 1.20 bits per heavy atom. The highest BCUT2D eigenvalue weighted by Gasteiger charge is 2.33. The van der Waals surface area contributed by atoms with Gasteiger partial charge in [0.25, 0.3) is 5.91 Å². The van der Waals surface area contributed by atoms with Gasteiger partial charge in [-0.15, -0.1) is 0 Å². The Kier molecular flexibility index (Phi) is 5.22. The molecule has 0 unspecified atom stereocenters. The van der Waals surface area contributed by atoms with Crippen molar-refractivity contribution in [3.8, 4) is 11.5 Å². The first-order valence-electron chi connectivity index (χ1n) is 8.45. The van der Waals surface area contributed by atoms with E-state index >= 15 is 0 Å². The van der Waals surface area contributed by atoms with Crippen LogP contribution in [-0.4, -0.2) is 30.6 Å². The van der Waals surface area contributed by atoms with Crippen molar-refractivity contribution in [3.05, 3.63) is 59.9 Å². The lowest BCUT2D eigenvalue weighted by atomic mass is 10.0. The van der Waals surface area contributed by atoms with E-state index < -0.39 is 6.10 Å². The lowest BCUT2D eigenvalue weighted by Crippen LogP contribution is -2.40. The van der Waals surface area contributed by atoms with Crippen molar-refractivity contribution in [1.29, 1.82) is 0 Å². The van der Waals surface area contributed by atoms with Crippen LogP contribution in [0, 0.1) is 5.82 Å². The minimum Gasteiger partial charge on any atom is -0.497 e. The molecule has 0 saturated carbocycles. The molecule has 0 N–H and O–H groups in total. The standard InChI is InChI=1S/C20H22FNO3/c1-14(25-17-10-8-16(21)9-11-17)20(23)22-12-4-7-19(22)15-5-3-6-18(13-15)24-2/h3,5-6,8-11,13-14,19H,4,7,12H2,1-2H3/t14-,19-/m1/s1. The second-order valence-corrected chi connectivity index (χ2v) is 6.18. The molecule has 0 radical (unpaired) electrons. The summed E-state index contributed by atoms with van der Waals surface area (Å²) in [6.07, 6.45) is 1.25. The van der Waals surface area contributed by atoms with Crippen molar-refractivity contribution in [1.82, 2.24) is 4.90 Å². The summed E-state index contributed by atoms with van der Waals surface area (Å²) >= 11 is 0. The maximum Gasteiger partial charge on any atom is 0.263 e. The lowest BCUT2D eigenvalue weighted by molar-refractivity contribution is -0.138. The number of methoxy groups -OCH3 is 1. The molecule has 0 bridgehead atoms. The first-order chi connectivity index (χ1) is 12.1. The summed E-state index contributed by atoms with van der Waals surface area (Å²) in [5, 5.41) is 0. The van der Waals surface area contributed by atoms with E-state index in [1.54, 1.807) is 14.0 Å². The van der Waals surface area contributed by atoms with E-state index in [2.05, 4.69) is 0 Å². The third kappa shape index (κ3) is 3.92. The van der Waals surface area contributed by atoms with E-state index in [0.717, 1.165) is 24.2 Å². The molecule has 132 valence electrons. The normalized spacial score (nSPS) is 18.0. The van der Waals surface area contributed by atoms with Gasteiger partial charge in [0.05, 0.1) is 13.2 Å². The minimum absolute atomic E-state index is 0.0295. The molecular formula is C20H22FNO3. The molecule has 1 aliphatic rings. The third-order valence-corrected chi connectivity index (χ3v) is 4.49. The van der Waals surface area contributed by atoms with E-state index in [-0.39, 0.29) is 17.8 Å². The number of likely N-dealkylation sites (tertiary alicyclic amines) is 1. The SMILES string of the molecule is COc1cccc([C@H]2CCCN2C(=O)[C@@H](C)Oc2ccc(F)cc2)c1. The lowest BCUT2D eigenvalue weighted by Gasteiger charge is -2.28. The van der Waals surface area contributed by atoms with Crippen molar-refractivity contribution < 1.29 is 18.7 Å². The molecule has 25 heavy (non-hydrogen) atoms. The van der Waals surface area contributed by atoms with Crippen LogP contribution in [0.1, 0.15) is 31.4 Å². The molecule has 3 rings (SSSR count). The number of hydrogen-bond donors (Lipinski definition) is 0. The average Bonchev–Trinajstić information content (AvgIpc) is 3.12. The number of nitrogens with zero attached hydrogens (tertiary/aromatic N) is 1. The molecule has 2 aromatic carbocycles. The van der Waals surface area contributed by atoms with Gasteiger partial charge in [0, 0.05) is 6.54 Å². The largest absolute Gasteiger partial charge is 0.497 e. The predicted octanol–water partition coefficient (Wildman–Crippen LogP) is 3.97. The highest BCUT2D eigenvalue weighted by molar-refractivity contribution is 5.81. The van der Waals surface area contributed by atoms with Gasteiger partial charge in [-0.25, -0.2) is 4.39 Å². The fraction of sp³-hybridized carbons (Fsp3) is 0.350. The van der Waals surface area contributed by atoms with Gasteiger partial charge in [0.2, 0.25) is 0 Å². The van der Waals surface area contributed by atoms with Crippen molar-refractivity contribution in [2.45, 2.75) is 31.9 Å². The number of carbonyl (C=O) groups is 1. The number of halogens is 1. The second-order valence-electron chi connectivity index (χ2n) is 6.18. The van der Waals surface area contributed by atoms with Gasteiger partial charge in [0.15, 0.2) is 6.10 Å². The molecule has 1 aliphatic heterocycles. The molecule has 1 heterocycles. The fourth-order valence-electron chi connectivity index (χ4n) is 3.23. The predicted molar refractivity (Wildman–Crippen MR) is 93.2 cm³/mol. The number of carbonyl (C=O) groups excluding carboxylic acids is 1. The molecule has 5 heteroatoms. The molecule has 1 amide bonds. The van der Waals surface area contributed by atoms with Gasteiger partial charge in [-0.3, -0.25) is 4.79 Å². The third-order valence-electron chi connectivity index (χ3n) is 4.49. The molecule has 4 nitrogen and oxygen atoms in total. The average molecular weight is 343 g/mol. The number of rotatable bonds is 5. The molecule has 1 saturated heterocycles. The molecule has 0 aliphatic carbocycles. The van der Waals surface area contributed by atoms with Gasteiger partial charge in [-0.1, -0.05) is 12.1 Å². The molecular weight excluding hydrogens is 321 g/mol. The van der Waals surface area contributed by atoms with Crippen LogP contribution in [-0.2, 0) is 4.79 Å². The summed E-state index contributed by atoms with van der Waals surface area (Å²) in [5.41, 5.74) is 1.07.